The van der Waals surface area contributed by atoms with Crippen molar-refractivity contribution in [3.05, 3.63) is 158 Å². The van der Waals surface area contributed by atoms with Gasteiger partial charge in [0.1, 0.15) is 16.7 Å². The first-order chi connectivity index (χ1) is 26.1. The van der Waals surface area contributed by atoms with Crippen molar-refractivity contribution in [2.75, 3.05) is 0 Å². The Morgan fingerprint density at radius 3 is 1.83 bits per heavy atom. The standard InChI is InChI=1S/C44H26O2/c1-2-11-28(12-3-1)41-33-14-6-8-16-35(33)42(36-17-9-7-15-34(36)41)31-20-21-32-37-22-23-39-43(44(37)46-40(32)25-31)38(26-45-39)30-19-18-27-10-4-5-13-29(27)24-30/h1-26H/i6D,7D,8D,9D,14D,15D,16D,17D. The molecule has 0 N–H and O–H groups in total. The van der Waals surface area contributed by atoms with Crippen molar-refractivity contribution in [1.29, 1.82) is 0 Å². The minimum Gasteiger partial charge on any atom is -0.464 e. The highest BCUT2D eigenvalue weighted by molar-refractivity contribution is 6.23. The van der Waals surface area contributed by atoms with E-state index in [4.69, 9.17) is 17.1 Å². The molecule has 10 rings (SSSR count). The summed E-state index contributed by atoms with van der Waals surface area (Å²) >= 11 is 0. The quantitative estimate of drug-likeness (QED) is 0.190. The molecule has 0 fully saturated rings. The van der Waals surface area contributed by atoms with Crippen LogP contribution in [0.5, 0.6) is 0 Å². The molecule has 2 nitrogen and oxygen atoms in total. The van der Waals surface area contributed by atoms with Crippen molar-refractivity contribution in [1.82, 2.24) is 0 Å². The third-order valence-corrected chi connectivity index (χ3v) is 8.96. The predicted molar refractivity (Wildman–Crippen MR) is 192 cm³/mol. The molecule has 2 heteroatoms. The molecular formula is C44H26O2. The van der Waals surface area contributed by atoms with Gasteiger partial charge in [0, 0.05) is 16.3 Å². The average molecular weight is 595 g/mol. The van der Waals surface area contributed by atoms with Gasteiger partial charge in [-0.3, -0.25) is 0 Å². The fourth-order valence-electron chi connectivity index (χ4n) is 6.89. The molecule has 10 aromatic rings. The summed E-state index contributed by atoms with van der Waals surface area (Å²) in [7, 11) is 0. The Morgan fingerprint density at radius 1 is 0.457 bits per heavy atom. The summed E-state index contributed by atoms with van der Waals surface area (Å²) in [6.45, 7) is 0. The molecule has 2 heterocycles. The van der Waals surface area contributed by atoms with Gasteiger partial charge in [0.15, 0.2) is 0 Å². The van der Waals surface area contributed by atoms with E-state index in [1.165, 1.54) is 0 Å². The summed E-state index contributed by atoms with van der Waals surface area (Å²) in [5, 5.41) is 5.35. The van der Waals surface area contributed by atoms with Gasteiger partial charge in [0.2, 0.25) is 0 Å². The maximum Gasteiger partial charge on any atom is 0.147 e. The van der Waals surface area contributed by atoms with Crippen molar-refractivity contribution in [2.45, 2.75) is 0 Å². The molecule has 0 radical (unpaired) electrons. The zero-order valence-electron chi connectivity index (χ0n) is 32.2. The smallest absolute Gasteiger partial charge is 0.147 e. The summed E-state index contributed by atoms with van der Waals surface area (Å²) < 4.78 is 84.2. The van der Waals surface area contributed by atoms with E-state index in [0.717, 1.165) is 38.1 Å². The molecule has 46 heavy (non-hydrogen) atoms. The van der Waals surface area contributed by atoms with Gasteiger partial charge in [-0.25, -0.2) is 0 Å². The molecule has 0 aliphatic rings. The predicted octanol–water partition coefficient (Wildman–Crippen LogP) is 12.8. The van der Waals surface area contributed by atoms with Crippen LogP contribution in [0.25, 0.3) is 98.6 Å². The van der Waals surface area contributed by atoms with Gasteiger partial charge in [-0.2, -0.15) is 0 Å². The Labute approximate surface area is 276 Å². The van der Waals surface area contributed by atoms with Gasteiger partial charge in [-0.05, 0) is 90.5 Å². The number of hydrogen-bond donors (Lipinski definition) is 0. The van der Waals surface area contributed by atoms with Crippen LogP contribution in [0.3, 0.4) is 0 Å². The molecule has 0 spiro atoms. The molecule has 214 valence electrons. The van der Waals surface area contributed by atoms with Gasteiger partial charge in [-0.1, -0.05) is 121 Å². The van der Waals surface area contributed by atoms with Gasteiger partial charge < -0.3 is 8.83 Å². The Morgan fingerprint density at radius 2 is 1.09 bits per heavy atom. The third-order valence-electron chi connectivity index (χ3n) is 8.96. The van der Waals surface area contributed by atoms with Crippen molar-refractivity contribution >= 4 is 65.2 Å². The molecule has 0 bridgehead atoms. The lowest BCUT2D eigenvalue weighted by Crippen LogP contribution is -1.90. The largest absolute Gasteiger partial charge is 0.464 e. The number of hydrogen-bond acceptors (Lipinski definition) is 2. The van der Waals surface area contributed by atoms with E-state index in [-0.39, 0.29) is 51.3 Å². The van der Waals surface area contributed by atoms with Crippen LogP contribution in [0, 0.1) is 0 Å². The lowest BCUT2D eigenvalue weighted by molar-refractivity contribution is 0.616. The van der Waals surface area contributed by atoms with E-state index in [1.54, 1.807) is 36.6 Å². The van der Waals surface area contributed by atoms with E-state index >= 15 is 0 Å². The summed E-state index contributed by atoms with van der Waals surface area (Å²) in [5.74, 6) is 0. The highest BCUT2D eigenvalue weighted by Crippen LogP contribution is 2.46. The van der Waals surface area contributed by atoms with E-state index in [9.17, 15) is 2.74 Å². The first kappa shape index (κ1) is 18.6. The molecule has 0 unspecified atom stereocenters. The van der Waals surface area contributed by atoms with Gasteiger partial charge in [0.05, 0.1) is 22.6 Å². The second kappa shape index (κ2) is 9.69. The van der Waals surface area contributed by atoms with Crippen LogP contribution in [-0.2, 0) is 0 Å². The van der Waals surface area contributed by atoms with Crippen LogP contribution in [0.2, 0.25) is 0 Å². The fourth-order valence-corrected chi connectivity index (χ4v) is 6.89. The average Bonchev–Trinajstić information content (AvgIpc) is 3.81. The van der Waals surface area contributed by atoms with Crippen molar-refractivity contribution in [3.8, 4) is 33.4 Å². The number of fused-ring (bicyclic) bond motifs is 8. The molecule has 0 amide bonds. The zero-order valence-corrected chi connectivity index (χ0v) is 24.2. The van der Waals surface area contributed by atoms with E-state index in [1.807, 2.05) is 42.5 Å². The number of rotatable bonds is 3. The molecule has 0 aliphatic carbocycles. The fraction of sp³-hybridized carbons (Fsp3) is 0. The maximum absolute atomic E-state index is 9.23. The Balaban J connectivity index is 1.32. The molecular weight excluding hydrogens is 560 g/mol. The van der Waals surface area contributed by atoms with Crippen LogP contribution < -0.4 is 0 Å². The van der Waals surface area contributed by atoms with Crippen molar-refractivity contribution in [3.63, 3.8) is 0 Å². The second-order valence-electron chi connectivity index (χ2n) is 11.5. The van der Waals surface area contributed by atoms with Crippen LogP contribution in [0.4, 0.5) is 0 Å². The van der Waals surface area contributed by atoms with Crippen molar-refractivity contribution in [2.24, 2.45) is 0 Å². The summed E-state index contributed by atoms with van der Waals surface area (Å²) in [6.07, 6.45) is 1.74. The summed E-state index contributed by atoms with van der Waals surface area (Å²) in [5.41, 5.74) is 5.25. The van der Waals surface area contributed by atoms with E-state index in [2.05, 4.69) is 30.3 Å². The highest BCUT2D eigenvalue weighted by Gasteiger charge is 2.20. The van der Waals surface area contributed by atoms with E-state index < -0.39 is 24.2 Å². The van der Waals surface area contributed by atoms with Crippen LogP contribution in [0.15, 0.2) is 167 Å². The van der Waals surface area contributed by atoms with E-state index in [0.29, 0.717) is 33.4 Å². The molecule has 8 aromatic carbocycles. The van der Waals surface area contributed by atoms with Crippen molar-refractivity contribution < 1.29 is 19.8 Å². The van der Waals surface area contributed by atoms with Gasteiger partial charge in [-0.15, -0.1) is 0 Å². The SMILES string of the molecule is [2H]c1c([2H])c([2H])c2c(-c3ccc4c(c3)oc3c4ccc4occ(-c5ccc6ccccc6c5)c43)c3c([2H])c([2H])c([2H])c([2H])c3c(-c3ccccc3)c2c1[2H]. The minimum atomic E-state index is -0.443. The Kier molecular flexibility index (Phi) is 3.92. The summed E-state index contributed by atoms with van der Waals surface area (Å²) in [6, 6.07) is 29.8. The van der Waals surface area contributed by atoms with Gasteiger partial charge >= 0.3 is 0 Å². The Hall–Kier alpha value is -6.12. The number of benzene rings is 8. The molecule has 0 saturated carbocycles. The second-order valence-corrected chi connectivity index (χ2v) is 11.5. The number of furan rings is 2. The molecule has 0 aliphatic heterocycles. The van der Waals surface area contributed by atoms with Crippen LogP contribution in [-0.4, -0.2) is 0 Å². The lowest BCUT2D eigenvalue weighted by atomic mass is 9.86. The lowest BCUT2D eigenvalue weighted by Gasteiger charge is -2.17. The first-order valence-electron chi connectivity index (χ1n) is 19.0. The minimum absolute atomic E-state index is 0.156. The van der Waals surface area contributed by atoms with Gasteiger partial charge in [0.25, 0.3) is 0 Å². The zero-order chi connectivity index (χ0) is 37.2. The van der Waals surface area contributed by atoms with Crippen LogP contribution >= 0.6 is 0 Å². The normalized spacial score (nSPS) is 14.3. The topological polar surface area (TPSA) is 26.3 Å². The summed E-state index contributed by atoms with van der Waals surface area (Å²) in [4.78, 5) is 0. The highest BCUT2D eigenvalue weighted by atomic mass is 16.3. The maximum atomic E-state index is 9.23. The molecule has 0 saturated heterocycles. The first-order valence-corrected chi connectivity index (χ1v) is 15.0. The Bertz CT molecular complexity index is 3170. The molecule has 0 atom stereocenters. The third kappa shape index (κ3) is 3.65. The molecule has 2 aromatic heterocycles. The monoisotopic (exact) mass is 594 g/mol. The van der Waals surface area contributed by atoms with Crippen LogP contribution in [0.1, 0.15) is 11.0 Å².